The molecule has 2 heterocycles. The van der Waals surface area contributed by atoms with Gasteiger partial charge in [-0.2, -0.15) is 0 Å². The Kier molecular flexibility index (Phi) is 3.46. The van der Waals surface area contributed by atoms with Crippen LogP contribution in [0, 0.1) is 5.92 Å². The first kappa shape index (κ1) is 12.3. The fourth-order valence-electron chi connectivity index (χ4n) is 2.42. The molecule has 2 aliphatic heterocycles. The topological polar surface area (TPSA) is 54.0 Å². The summed E-state index contributed by atoms with van der Waals surface area (Å²) in [6.45, 7) is 1.67. The number of halogens is 1. The molecule has 2 N–H and O–H groups in total. The van der Waals surface area contributed by atoms with E-state index >= 15 is 0 Å². The van der Waals surface area contributed by atoms with E-state index in [2.05, 4.69) is 21.2 Å². The number of hydrogen-bond donors (Lipinski definition) is 2. The maximum atomic E-state index is 9.75. The molecule has 1 aromatic carbocycles. The fourth-order valence-corrected chi connectivity index (χ4v) is 2.78. The van der Waals surface area contributed by atoms with Crippen molar-refractivity contribution in [3.05, 3.63) is 22.7 Å². The molecule has 3 rings (SSSR count). The van der Waals surface area contributed by atoms with Gasteiger partial charge < -0.3 is 19.9 Å². The van der Waals surface area contributed by atoms with Gasteiger partial charge in [0.1, 0.15) is 11.9 Å². The lowest BCUT2D eigenvalue weighted by molar-refractivity contribution is 0.0571. The molecule has 0 bridgehead atoms. The average molecular weight is 314 g/mol. The van der Waals surface area contributed by atoms with Crippen LogP contribution in [0.25, 0.3) is 0 Å². The molecule has 0 radical (unpaired) electrons. The van der Waals surface area contributed by atoms with Crippen LogP contribution in [0.1, 0.15) is 12.8 Å². The maximum absolute atomic E-state index is 9.75. The normalized spacial score (nSPS) is 28.1. The van der Waals surface area contributed by atoms with Gasteiger partial charge in [-0.3, -0.25) is 0 Å². The molecule has 2 saturated heterocycles. The van der Waals surface area contributed by atoms with E-state index in [0.29, 0.717) is 11.6 Å². The molecule has 2 fully saturated rings. The highest BCUT2D eigenvalue weighted by atomic mass is 79.9. The number of benzene rings is 1. The lowest BCUT2D eigenvalue weighted by Gasteiger charge is -2.20. The van der Waals surface area contributed by atoms with Crippen molar-refractivity contribution in [1.82, 2.24) is 0 Å². The number of phenolic OH excluding ortho intramolecular Hbond substituents is 1. The zero-order valence-corrected chi connectivity index (χ0v) is 11.5. The fraction of sp³-hybridized carbons (Fsp3) is 0.538. The van der Waals surface area contributed by atoms with Gasteiger partial charge in [0.25, 0.3) is 0 Å². The number of ether oxygens (including phenoxy) is 2. The molecule has 2 unspecified atom stereocenters. The van der Waals surface area contributed by atoms with Crippen LogP contribution in [0.4, 0.5) is 5.69 Å². The van der Waals surface area contributed by atoms with Gasteiger partial charge in [0.2, 0.25) is 0 Å². The van der Waals surface area contributed by atoms with Gasteiger partial charge in [-0.25, -0.2) is 0 Å². The summed E-state index contributed by atoms with van der Waals surface area (Å²) in [6, 6.07) is 5.33. The third-order valence-corrected chi connectivity index (χ3v) is 4.01. The third kappa shape index (κ3) is 2.63. The monoisotopic (exact) mass is 313 g/mol. The van der Waals surface area contributed by atoms with Crippen molar-refractivity contribution in [1.29, 1.82) is 0 Å². The Morgan fingerprint density at radius 1 is 1.28 bits per heavy atom. The van der Waals surface area contributed by atoms with Crippen LogP contribution < -0.4 is 5.32 Å². The predicted octanol–water partition coefficient (Wildman–Crippen LogP) is 2.72. The van der Waals surface area contributed by atoms with Gasteiger partial charge in [-0.05, 0) is 37.0 Å². The Labute approximate surface area is 114 Å². The van der Waals surface area contributed by atoms with Crippen LogP contribution in [0.2, 0.25) is 0 Å². The summed E-state index contributed by atoms with van der Waals surface area (Å²) in [5, 5.41) is 13.0. The highest BCUT2D eigenvalue weighted by Gasteiger charge is 2.45. The van der Waals surface area contributed by atoms with Crippen molar-refractivity contribution >= 4 is 21.6 Å². The number of phenols is 1. The summed E-state index contributed by atoms with van der Waals surface area (Å²) in [6.07, 6.45) is 2.40. The van der Waals surface area contributed by atoms with E-state index in [1.165, 1.54) is 0 Å². The second-order valence-electron chi connectivity index (χ2n) is 4.78. The van der Waals surface area contributed by atoms with Crippen LogP contribution in [-0.2, 0) is 9.47 Å². The molecule has 5 heteroatoms. The average Bonchev–Trinajstić information content (AvgIpc) is 3.14. The van der Waals surface area contributed by atoms with E-state index in [1.54, 1.807) is 6.07 Å². The maximum Gasteiger partial charge on any atom is 0.155 e. The van der Waals surface area contributed by atoms with E-state index in [1.807, 2.05) is 12.1 Å². The highest BCUT2D eigenvalue weighted by molar-refractivity contribution is 9.10. The van der Waals surface area contributed by atoms with Crippen LogP contribution in [-0.4, -0.2) is 30.7 Å². The lowest BCUT2D eigenvalue weighted by atomic mass is 9.96. The predicted molar refractivity (Wildman–Crippen MR) is 71.6 cm³/mol. The quantitative estimate of drug-likeness (QED) is 0.665. The molecule has 0 spiro atoms. The summed E-state index contributed by atoms with van der Waals surface area (Å²) in [7, 11) is 0. The first-order valence-electron chi connectivity index (χ1n) is 6.22. The molecular formula is C13H16BrNO3. The first-order valence-corrected chi connectivity index (χ1v) is 7.01. The van der Waals surface area contributed by atoms with E-state index in [0.717, 1.165) is 30.5 Å². The molecule has 18 heavy (non-hydrogen) atoms. The second-order valence-corrected chi connectivity index (χ2v) is 5.69. The number of rotatable bonds is 3. The van der Waals surface area contributed by atoms with E-state index in [4.69, 9.17) is 9.47 Å². The lowest BCUT2D eigenvalue weighted by Crippen LogP contribution is -2.23. The largest absolute Gasteiger partial charge is 0.506 e. The summed E-state index contributed by atoms with van der Waals surface area (Å²) in [4.78, 5) is 0. The number of anilines is 1. The number of epoxide rings is 1. The number of nitrogens with one attached hydrogen (secondary N) is 1. The number of aromatic hydroxyl groups is 1. The van der Waals surface area contributed by atoms with Crippen LogP contribution >= 0.6 is 15.9 Å². The Hall–Kier alpha value is -0.780. The number of hydrogen-bond acceptors (Lipinski definition) is 4. The first-order chi connectivity index (χ1) is 8.74. The van der Waals surface area contributed by atoms with E-state index in [-0.39, 0.29) is 18.1 Å². The molecule has 2 aliphatic rings. The molecule has 0 aromatic heterocycles. The van der Waals surface area contributed by atoms with Gasteiger partial charge in [-0.15, -0.1) is 0 Å². The van der Waals surface area contributed by atoms with Gasteiger partial charge in [0, 0.05) is 17.7 Å². The Morgan fingerprint density at radius 3 is 2.83 bits per heavy atom. The van der Waals surface area contributed by atoms with E-state index < -0.39 is 0 Å². The summed E-state index contributed by atoms with van der Waals surface area (Å²) in [5.74, 6) is 0.824. The van der Waals surface area contributed by atoms with Crippen LogP contribution in [0.3, 0.4) is 0 Å². The summed E-state index contributed by atoms with van der Waals surface area (Å²) in [5.41, 5.74) is 0.712. The van der Waals surface area contributed by atoms with Crippen molar-refractivity contribution in [2.45, 2.75) is 25.2 Å². The van der Waals surface area contributed by atoms with Crippen molar-refractivity contribution < 1.29 is 14.6 Å². The minimum atomic E-state index is 0.0216. The molecule has 0 saturated carbocycles. The van der Waals surface area contributed by atoms with Crippen molar-refractivity contribution in [3.8, 4) is 5.75 Å². The molecule has 0 aliphatic carbocycles. The van der Waals surface area contributed by atoms with Gasteiger partial charge >= 0.3 is 0 Å². The van der Waals surface area contributed by atoms with Gasteiger partial charge in [0.05, 0.1) is 5.69 Å². The minimum Gasteiger partial charge on any atom is -0.506 e. The minimum absolute atomic E-state index is 0.0216. The SMILES string of the molecule is Oc1ccc(Br)cc1NC1OC1C1CCOCC1. The van der Waals surface area contributed by atoms with Crippen molar-refractivity contribution in [2.75, 3.05) is 18.5 Å². The smallest absolute Gasteiger partial charge is 0.155 e. The molecule has 2 atom stereocenters. The molecule has 0 amide bonds. The van der Waals surface area contributed by atoms with E-state index in [9.17, 15) is 5.11 Å². The molecular weight excluding hydrogens is 298 g/mol. The van der Waals surface area contributed by atoms with Crippen molar-refractivity contribution in [3.63, 3.8) is 0 Å². The highest BCUT2D eigenvalue weighted by Crippen LogP contribution is 2.38. The zero-order chi connectivity index (χ0) is 12.5. The van der Waals surface area contributed by atoms with Gasteiger partial charge in [0.15, 0.2) is 6.23 Å². The summed E-state index contributed by atoms with van der Waals surface area (Å²) >= 11 is 3.39. The molecule has 4 nitrogen and oxygen atoms in total. The summed E-state index contributed by atoms with van der Waals surface area (Å²) < 4.78 is 11.9. The second kappa shape index (κ2) is 5.07. The zero-order valence-electron chi connectivity index (χ0n) is 9.93. The Morgan fingerprint density at radius 2 is 2.06 bits per heavy atom. The Bertz CT molecular complexity index is 434. The van der Waals surface area contributed by atoms with Crippen LogP contribution in [0.5, 0.6) is 5.75 Å². The molecule has 98 valence electrons. The van der Waals surface area contributed by atoms with Crippen molar-refractivity contribution in [2.24, 2.45) is 5.92 Å². The molecule has 1 aromatic rings. The Balaban J connectivity index is 1.60. The van der Waals surface area contributed by atoms with Crippen LogP contribution in [0.15, 0.2) is 22.7 Å². The third-order valence-electron chi connectivity index (χ3n) is 3.51. The van der Waals surface area contributed by atoms with Gasteiger partial charge in [-0.1, -0.05) is 15.9 Å². The standard InChI is InChI=1S/C13H16BrNO3/c14-9-1-2-11(16)10(7-9)15-13-12(18-13)8-3-5-17-6-4-8/h1-2,7-8,12-13,15-16H,3-6H2.